The third-order valence-corrected chi connectivity index (χ3v) is 5.93. The molecule has 0 bridgehead atoms. The molecule has 2 heterocycles. The van der Waals surface area contributed by atoms with Gasteiger partial charge in [0.1, 0.15) is 17.1 Å². The Kier molecular flexibility index (Phi) is 6.77. The fraction of sp³-hybridized carbons (Fsp3) is 0.304. The van der Waals surface area contributed by atoms with Gasteiger partial charge in [-0.1, -0.05) is 28.4 Å². The van der Waals surface area contributed by atoms with Crippen molar-refractivity contribution in [3.63, 3.8) is 0 Å². The van der Waals surface area contributed by atoms with Gasteiger partial charge in [-0.15, -0.1) is 0 Å². The summed E-state index contributed by atoms with van der Waals surface area (Å²) in [6, 6.07) is 5.09. The summed E-state index contributed by atoms with van der Waals surface area (Å²) < 4.78 is 25.5. The predicted molar refractivity (Wildman–Crippen MR) is 123 cm³/mol. The van der Waals surface area contributed by atoms with E-state index in [9.17, 15) is 9.59 Å². The number of aromatic nitrogens is 2. The molecule has 4 rings (SSSR count). The zero-order valence-electron chi connectivity index (χ0n) is 18.3. The third kappa shape index (κ3) is 4.85. The van der Waals surface area contributed by atoms with Crippen molar-refractivity contribution in [1.82, 2.24) is 20.8 Å². The third-order valence-electron chi connectivity index (χ3n) is 5.43. The van der Waals surface area contributed by atoms with Crippen LogP contribution in [0.2, 0.25) is 10.0 Å². The summed E-state index contributed by atoms with van der Waals surface area (Å²) in [6.45, 7) is 3.78. The summed E-state index contributed by atoms with van der Waals surface area (Å²) in [5.41, 5.74) is -0.106. The van der Waals surface area contributed by atoms with E-state index in [1.165, 1.54) is 24.5 Å². The molecule has 0 radical (unpaired) electrons. The molecule has 0 spiro atoms. The number of halogens is 3. The minimum Gasteiger partial charge on any atom is -0.492 e. The molecule has 1 aliphatic carbocycles. The molecule has 178 valence electrons. The smallest absolute Gasteiger partial charge is 0.290 e. The van der Waals surface area contributed by atoms with Crippen LogP contribution in [0.4, 0.5) is 4.39 Å². The molecule has 11 heteroatoms. The Balaban J connectivity index is 1.50. The van der Waals surface area contributed by atoms with Crippen molar-refractivity contribution in [2.75, 3.05) is 6.61 Å². The topological polar surface area (TPSA) is 106 Å². The second kappa shape index (κ2) is 9.60. The fourth-order valence-corrected chi connectivity index (χ4v) is 4.08. The minimum absolute atomic E-state index is 0.00274. The first-order valence-electron chi connectivity index (χ1n) is 10.6. The number of hydrogen-bond acceptors (Lipinski definition) is 6. The van der Waals surface area contributed by atoms with Gasteiger partial charge in [-0.05, 0) is 44.9 Å². The van der Waals surface area contributed by atoms with Gasteiger partial charge in [-0.2, -0.15) is 0 Å². The zero-order chi connectivity index (χ0) is 24.5. The number of pyridine rings is 1. The first-order valence-corrected chi connectivity index (χ1v) is 11.3. The van der Waals surface area contributed by atoms with Gasteiger partial charge in [0.15, 0.2) is 0 Å². The van der Waals surface area contributed by atoms with Gasteiger partial charge in [-0.25, -0.2) is 4.39 Å². The van der Waals surface area contributed by atoms with Crippen molar-refractivity contribution in [3.8, 4) is 16.9 Å². The summed E-state index contributed by atoms with van der Waals surface area (Å²) in [4.78, 5) is 29.3. The molecular formula is C23H21Cl2FN4O4. The Labute approximate surface area is 204 Å². The summed E-state index contributed by atoms with van der Waals surface area (Å²) in [7, 11) is 0. The van der Waals surface area contributed by atoms with Gasteiger partial charge < -0.3 is 19.9 Å². The highest BCUT2D eigenvalue weighted by Gasteiger charge is 2.52. The number of nitrogens with one attached hydrogen (secondary N) is 2. The van der Waals surface area contributed by atoms with Crippen molar-refractivity contribution in [2.24, 2.45) is 0 Å². The lowest BCUT2D eigenvalue weighted by Crippen LogP contribution is -2.49. The van der Waals surface area contributed by atoms with Crippen LogP contribution in [-0.4, -0.2) is 34.1 Å². The van der Waals surface area contributed by atoms with Crippen molar-refractivity contribution in [2.45, 2.75) is 38.3 Å². The van der Waals surface area contributed by atoms with Crippen molar-refractivity contribution >= 4 is 35.0 Å². The van der Waals surface area contributed by atoms with E-state index in [2.05, 4.69) is 20.8 Å². The normalized spacial score (nSPS) is 14.9. The quantitative estimate of drug-likeness (QED) is 0.457. The molecule has 2 aromatic heterocycles. The van der Waals surface area contributed by atoms with E-state index in [-0.39, 0.29) is 11.5 Å². The number of hydrogen-bond donors (Lipinski definition) is 2. The number of carbonyl (C=O) groups excluding carboxylic acids is 2. The van der Waals surface area contributed by atoms with Gasteiger partial charge in [0, 0.05) is 28.4 Å². The maximum Gasteiger partial charge on any atom is 0.290 e. The molecule has 2 amide bonds. The summed E-state index contributed by atoms with van der Waals surface area (Å²) >= 11 is 12.4. The molecule has 2 N–H and O–H groups in total. The fourth-order valence-electron chi connectivity index (χ4n) is 3.53. The second-order valence-electron chi connectivity index (χ2n) is 7.90. The highest BCUT2D eigenvalue weighted by atomic mass is 35.5. The average Bonchev–Trinajstić information content (AvgIpc) is 3.36. The van der Waals surface area contributed by atoms with Gasteiger partial charge in [-0.3, -0.25) is 14.6 Å². The number of carbonyl (C=O) groups is 2. The predicted octanol–water partition coefficient (Wildman–Crippen LogP) is 4.72. The van der Waals surface area contributed by atoms with Crippen LogP contribution in [0.3, 0.4) is 0 Å². The van der Waals surface area contributed by atoms with Gasteiger partial charge >= 0.3 is 0 Å². The lowest BCUT2D eigenvalue weighted by molar-refractivity contribution is -0.124. The molecule has 8 nitrogen and oxygen atoms in total. The molecular weight excluding hydrogens is 486 g/mol. The van der Waals surface area contributed by atoms with Crippen LogP contribution in [-0.2, 0) is 4.79 Å². The molecule has 0 unspecified atom stereocenters. The molecule has 0 aliphatic heterocycles. The molecule has 1 aliphatic rings. The van der Waals surface area contributed by atoms with Crippen molar-refractivity contribution < 1.29 is 23.2 Å². The maximum absolute atomic E-state index is 15.1. The van der Waals surface area contributed by atoms with E-state index >= 15 is 4.39 Å². The van der Waals surface area contributed by atoms with E-state index in [4.69, 9.17) is 32.5 Å². The molecule has 34 heavy (non-hydrogen) atoms. The highest BCUT2D eigenvalue weighted by Crippen LogP contribution is 2.40. The van der Waals surface area contributed by atoms with Gasteiger partial charge in [0.25, 0.3) is 5.91 Å². The Hall–Kier alpha value is -3.17. The van der Waals surface area contributed by atoms with E-state index in [0.717, 1.165) is 0 Å². The van der Waals surface area contributed by atoms with Crippen LogP contribution < -0.4 is 15.4 Å². The van der Waals surface area contributed by atoms with Crippen LogP contribution in [0.15, 0.2) is 41.2 Å². The van der Waals surface area contributed by atoms with Gasteiger partial charge in [0.05, 0.1) is 29.6 Å². The number of nitrogens with zero attached hydrogens (tertiary/aromatic N) is 2. The molecule has 1 aromatic carbocycles. The Morgan fingerprint density at radius 3 is 2.68 bits per heavy atom. The summed E-state index contributed by atoms with van der Waals surface area (Å²) in [5, 5.41) is 9.55. The monoisotopic (exact) mass is 506 g/mol. The van der Waals surface area contributed by atoms with Crippen molar-refractivity contribution in [3.05, 3.63) is 64.0 Å². The lowest BCUT2D eigenvalue weighted by Gasteiger charge is -2.21. The molecule has 1 saturated carbocycles. The largest absolute Gasteiger partial charge is 0.492 e. The SMILES string of the molecule is CCOc1c(Cl)cc(Cl)cc1-c1cnc([C@@H](C)NC(=O)C2(NC(=O)c3ccno3)CC2)c(F)c1. The number of benzene rings is 1. The first-order chi connectivity index (χ1) is 16.2. The minimum atomic E-state index is -1.07. The van der Waals surface area contributed by atoms with Crippen molar-refractivity contribution in [1.29, 1.82) is 0 Å². The molecule has 1 atom stereocenters. The number of rotatable bonds is 8. The van der Waals surface area contributed by atoms with Gasteiger partial charge in [0.2, 0.25) is 11.7 Å². The van der Waals surface area contributed by atoms with E-state index in [1.807, 2.05) is 6.92 Å². The van der Waals surface area contributed by atoms with E-state index < -0.39 is 29.2 Å². The zero-order valence-corrected chi connectivity index (χ0v) is 19.8. The molecule has 0 saturated heterocycles. The van der Waals surface area contributed by atoms with Crippen LogP contribution in [0.25, 0.3) is 11.1 Å². The number of ether oxygens (including phenoxy) is 1. The first kappa shape index (κ1) is 24.0. The van der Waals surface area contributed by atoms with Crippen LogP contribution in [0, 0.1) is 5.82 Å². The van der Waals surface area contributed by atoms with Crippen LogP contribution in [0.1, 0.15) is 49.0 Å². The highest BCUT2D eigenvalue weighted by molar-refractivity contribution is 6.36. The Bertz CT molecular complexity index is 1230. The summed E-state index contributed by atoms with van der Waals surface area (Å²) in [6.07, 6.45) is 3.71. The second-order valence-corrected chi connectivity index (χ2v) is 8.74. The molecule has 3 aromatic rings. The van der Waals surface area contributed by atoms with E-state index in [0.29, 0.717) is 46.4 Å². The van der Waals surface area contributed by atoms with Crippen LogP contribution >= 0.6 is 23.2 Å². The Morgan fingerprint density at radius 1 is 1.29 bits per heavy atom. The van der Waals surface area contributed by atoms with E-state index in [1.54, 1.807) is 19.1 Å². The van der Waals surface area contributed by atoms with Crippen LogP contribution in [0.5, 0.6) is 5.75 Å². The standard InChI is InChI=1S/C23H21Cl2FN4O4/c1-3-33-20-15(9-14(24)10-16(20)25)13-8-17(26)19(27-11-13)12(2)29-22(32)23(5-6-23)30-21(31)18-4-7-28-34-18/h4,7-12H,3,5-6H2,1-2H3,(H,29,32)(H,30,31)/t12-/m1/s1. The summed E-state index contributed by atoms with van der Waals surface area (Å²) in [5.74, 6) is -1.22. The molecule has 1 fully saturated rings. The lowest BCUT2D eigenvalue weighted by atomic mass is 10.0. The average molecular weight is 507 g/mol. The maximum atomic E-state index is 15.1. The Morgan fingerprint density at radius 2 is 2.06 bits per heavy atom. The number of amides is 2.